The van der Waals surface area contributed by atoms with Crippen molar-refractivity contribution in [2.45, 2.75) is 11.8 Å². The number of alkyl halides is 1. The van der Waals surface area contributed by atoms with Gasteiger partial charge in [-0.15, -0.1) is 11.6 Å². The molecule has 0 bridgehead atoms. The first-order valence-corrected chi connectivity index (χ1v) is 5.10. The van der Waals surface area contributed by atoms with Gasteiger partial charge in [-0.25, -0.2) is 0 Å². The van der Waals surface area contributed by atoms with E-state index in [1.54, 1.807) is 18.2 Å². The van der Waals surface area contributed by atoms with Crippen molar-refractivity contribution in [3.63, 3.8) is 0 Å². The number of halogens is 1. The average molecular weight is 245 g/mol. The number of methoxy groups -OCH3 is 2. The van der Waals surface area contributed by atoms with E-state index in [0.717, 1.165) is 0 Å². The molecule has 1 atom stereocenters. The quantitative estimate of drug-likeness (QED) is 0.809. The number of rotatable bonds is 5. The predicted octanol–water partition coefficient (Wildman–Crippen LogP) is 2.46. The van der Waals surface area contributed by atoms with Crippen molar-refractivity contribution in [2.24, 2.45) is 0 Å². The molecule has 1 unspecified atom stereocenters. The summed E-state index contributed by atoms with van der Waals surface area (Å²) in [6.07, 6.45) is -0.128. The minimum atomic E-state index is -0.935. The van der Waals surface area contributed by atoms with Crippen LogP contribution in [0.4, 0.5) is 0 Å². The van der Waals surface area contributed by atoms with E-state index >= 15 is 0 Å². The number of carbonyl (C=O) groups is 1. The van der Waals surface area contributed by atoms with Crippen molar-refractivity contribution in [3.8, 4) is 11.5 Å². The summed E-state index contributed by atoms with van der Waals surface area (Å²) in [6, 6.07) is 5.10. The standard InChI is InChI=1S/C11H13ClO4/c1-15-9-4-3-7(5-10(9)16-2)8(12)6-11(13)14/h3-5,8H,6H2,1-2H3,(H,13,14). The fourth-order valence-electron chi connectivity index (χ4n) is 1.32. The lowest BCUT2D eigenvalue weighted by Gasteiger charge is -2.11. The van der Waals surface area contributed by atoms with Crippen LogP contribution in [-0.2, 0) is 4.79 Å². The second-order valence-corrected chi connectivity index (χ2v) is 3.71. The minimum Gasteiger partial charge on any atom is -0.493 e. The summed E-state index contributed by atoms with van der Waals surface area (Å²) in [6.45, 7) is 0. The molecule has 0 fully saturated rings. The van der Waals surface area contributed by atoms with Crippen LogP contribution in [0.2, 0.25) is 0 Å². The van der Waals surface area contributed by atoms with E-state index in [9.17, 15) is 4.79 Å². The Bertz CT molecular complexity index is 378. The Hall–Kier alpha value is -1.42. The highest BCUT2D eigenvalue weighted by atomic mass is 35.5. The maximum atomic E-state index is 10.5. The van der Waals surface area contributed by atoms with Gasteiger partial charge in [0.25, 0.3) is 0 Å². The van der Waals surface area contributed by atoms with Crippen LogP contribution in [0.5, 0.6) is 11.5 Å². The van der Waals surface area contributed by atoms with Gasteiger partial charge in [-0.2, -0.15) is 0 Å². The minimum absolute atomic E-state index is 0.128. The summed E-state index contributed by atoms with van der Waals surface area (Å²) >= 11 is 5.95. The molecular formula is C11H13ClO4. The van der Waals surface area contributed by atoms with Crippen molar-refractivity contribution in [1.82, 2.24) is 0 Å². The van der Waals surface area contributed by atoms with E-state index < -0.39 is 11.3 Å². The average Bonchev–Trinajstić information content (AvgIpc) is 2.27. The smallest absolute Gasteiger partial charge is 0.305 e. The van der Waals surface area contributed by atoms with Crippen LogP contribution in [0, 0.1) is 0 Å². The van der Waals surface area contributed by atoms with Gasteiger partial charge in [0.05, 0.1) is 26.0 Å². The molecule has 88 valence electrons. The molecule has 0 saturated heterocycles. The summed E-state index contributed by atoms with van der Waals surface area (Å²) in [7, 11) is 3.05. The fraction of sp³-hybridized carbons (Fsp3) is 0.364. The first-order chi connectivity index (χ1) is 7.58. The summed E-state index contributed by atoms with van der Waals surface area (Å²) in [4.78, 5) is 10.5. The maximum Gasteiger partial charge on any atom is 0.305 e. The van der Waals surface area contributed by atoms with Crippen LogP contribution in [0.3, 0.4) is 0 Å². The van der Waals surface area contributed by atoms with Gasteiger partial charge in [0, 0.05) is 0 Å². The van der Waals surface area contributed by atoms with E-state index in [0.29, 0.717) is 17.1 Å². The Labute approximate surface area is 98.7 Å². The SMILES string of the molecule is COc1ccc(C(Cl)CC(=O)O)cc1OC. The van der Waals surface area contributed by atoms with Gasteiger partial charge < -0.3 is 14.6 Å². The first-order valence-electron chi connectivity index (χ1n) is 4.66. The molecule has 0 heterocycles. The normalized spacial score (nSPS) is 11.9. The Morgan fingerprint density at radius 1 is 1.38 bits per heavy atom. The van der Waals surface area contributed by atoms with E-state index in [-0.39, 0.29) is 6.42 Å². The lowest BCUT2D eigenvalue weighted by atomic mass is 10.1. The zero-order chi connectivity index (χ0) is 12.1. The van der Waals surface area contributed by atoms with Crippen molar-refractivity contribution in [1.29, 1.82) is 0 Å². The Balaban J connectivity index is 2.93. The molecule has 1 aromatic rings. The molecule has 0 radical (unpaired) electrons. The Morgan fingerprint density at radius 2 is 2.00 bits per heavy atom. The van der Waals surface area contributed by atoms with Crippen LogP contribution in [0.25, 0.3) is 0 Å². The lowest BCUT2D eigenvalue weighted by molar-refractivity contribution is -0.137. The van der Waals surface area contributed by atoms with E-state index in [1.165, 1.54) is 14.2 Å². The summed E-state index contributed by atoms with van der Waals surface area (Å²) in [5, 5.41) is 8.06. The van der Waals surface area contributed by atoms with E-state index in [2.05, 4.69) is 0 Å². The van der Waals surface area contributed by atoms with Crippen molar-refractivity contribution in [3.05, 3.63) is 23.8 Å². The molecule has 5 heteroatoms. The lowest BCUT2D eigenvalue weighted by Crippen LogP contribution is -2.01. The Morgan fingerprint density at radius 3 is 2.50 bits per heavy atom. The molecule has 4 nitrogen and oxygen atoms in total. The number of carboxylic acid groups (broad SMARTS) is 1. The monoisotopic (exact) mass is 244 g/mol. The molecule has 1 N–H and O–H groups in total. The maximum absolute atomic E-state index is 10.5. The number of ether oxygens (including phenoxy) is 2. The van der Waals surface area contributed by atoms with Gasteiger partial charge in [-0.1, -0.05) is 6.07 Å². The molecule has 1 aromatic carbocycles. The number of aliphatic carboxylic acids is 1. The molecule has 1 rings (SSSR count). The third kappa shape index (κ3) is 3.03. The third-order valence-electron chi connectivity index (χ3n) is 2.12. The van der Waals surface area contributed by atoms with E-state index in [4.69, 9.17) is 26.2 Å². The molecule has 0 amide bonds. The summed E-state index contributed by atoms with van der Waals surface area (Å²) in [5.74, 6) is 0.191. The predicted molar refractivity (Wildman–Crippen MR) is 60.4 cm³/mol. The van der Waals surface area contributed by atoms with Crippen molar-refractivity contribution in [2.75, 3.05) is 14.2 Å². The third-order valence-corrected chi connectivity index (χ3v) is 2.53. The van der Waals surface area contributed by atoms with Gasteiger partial charge in [-0.05, 0) is 17.7 Å². The van der Waals surface area contributed by atoms with E-state index in [1.807, 2.05) is 0 Å². The summed E-state index contributed by atoms with van der Waals surface area (Å²) < 4.78 is 10.2. The van der Waals surface area contributed by atoms with Crippen LogP contribution < -0.4 is 9.47 Å². The molecule has 0 aliphatic heterocycles. The van der Waals surface area contributed by atoms with Crippen LogP contribution >= 0.6 is 11.6 Å². The van der Waals surface area contributed by atoms with Crippen LogP contribution in [0.1, 0.15) is 17.4 Å². The van der Waals surface area contributed by atoms with Crippen LogP contribution in [-0.4, -0.2) is 25.3 Å². The van der Waals surface area contributed by atoms with Gasteiger partial charge in [0.2, 0.25) is 0 Å². The van der Waals surface area contributed by atoms with Gasteiger partial charge in [-0.3, -0.25) is 4.79 Å². The molecule has 0 aliphatic rings. The zero-order valence-electron chi connectivity index (χ0n) is 9.07. The Kier molecular flexibility index (Phi) is 4.43. The molecular weight excluding hydrogens is 232 g/mol. The molecule has 16 heavy (non-hydrogen) atoms. The number of hydrogen-bond acceptors (Lipinski definition) is 3. The highest BCUT2D eigenvalue weighted by Crippen LogP contribution is 2.33. The topological polar surface area (TPSA) is 55.8 Å². The second kappa shape index (κ2) is 5.61. The number of carboxylic acids is 1. The largest absolute Gasteiger partial charge is 0.493 e. The van der Waals surface area contributed by atoms with Gasteiger partial charge in [0.1, 0.15) is 0 Å². The van der Waals surface area contributed by atoms with Crippen molar-refractivity contribution >= 4 is 17.6 Å². The zero-order valence-corrected chi connectivity index (χ0v) is 9.82. The number of hydrogen-bond donors (Lipinski definition) is 1. The van der Waals surface area contributed by atoms with Crippen LogP contribution in [0.15, 0.2) is 18.2 Å². The van der Waals surface area contributed by atoms with Gasteiger partial charge in [0.15, 0.2) is 11.5 Å². The van der Waals surface area contributed by atoms with Crippen molar-refractivity contribution < 1.29 is 19.4 Å². The molecule has 0 aliphatic carbocycles. The fourth-order valence-corrected chi connectivity index (χ4v) is 1.59. The molecule has 0 saturated carbocycles. The number of benzene rings is 1. The highest BCUT2D eigenvalue weighted by molar-refractivity contribution is 6.21. The summed E-state index contributed by atoms with van der Waals surface area (Å²) in [5.41, 5.74) is 0.696. The molecule has 0 spiro atoms. The second-order valence-electron chi connectivity index (χ2n) is 3.18. The molecule has 0 aromatic heterocycles. The van der Waals surface area contributed by atoms with Gasteiger partial charge >= 0.3 is 5.97 Å². The first kappa shape index (κ1) is 12.6. The highest BCUT2D eigenvalue weighted by Gasteiger charge is 2.14.